The summed E-state index contributed by atoms with van der Waals surface area (Å²) in [6, 6.07) is 8.50. The fraction of sp³-hybridized carbons (Fsp3) is 0.625. The maximum absolute atomic E-state index is 10.1. The monoisotopic (exact) mass is 325 g/mol. The first-order valence-corrected chi connectivity index (χ1v) is 8.12. The van der Waals surface area contributed by atoms with Crippen LogP contribution in [0.2, 0.25) is 0 Å². The van der Waals surface area contributed by atoms with E-state index < -0.39 is 0 Å². The molecular weight excluding hydrogens is 302 g/mol. The van der Waals surface area contributed by atoms with E-state index in [9.17, 15) is 5.11 Å². The van der Waals surface area contributed by atoms with Crippen LogP contribution in [0.5, 0.6) is 0 Å². The summed E-state index contributed by atoms with van der Waals surface area (Å²) in [5.74, 6) is 0.746. The van der Waals surface area contributed by atoms with Crippen LogP contribution in [0.25, 0.3) is 0 Å². The Kier molecular flexibility index (Phi) is 5.86. The quantitative estimate of drug-likeness (QED) is 0.827. The lowest BCUT2D eigenvalue weighted by atomic mass is 9.99. The van der Waals surface area contributed by atoms with E-state index in [1.165, 1.54) is 31.2 Å². The molecule has 0 spiro atoms. The van der Waals surface area contributed by atoms with Gasteiger partial charge in [0.2, 0.25) is 0 Å². The van der Waals surface area contributed by atoms with Gasteiger partial charge in [0.1, 0.15) is 0 Å². The Hall–Kier alpha value is -0.380. The molecular formula is C16H24BrNO. The van der Waals surface area contributed by atoms with Crippen LogP contribution in [-0.2, 0) is 0 Å². The summed E-state index contributed by atoms with van der Waals surface area (Å²) in [7, 11) is 0. The molecule has 1 saturated carbocycles. The summed E-state index contributed by atoms with van der Waals surface area (Å²) >= 11 is 3.57. The van der Waals surface area contributed by atoms with Crippen molar-refractivity contribution in [2.24, 2.45) is 5.92 Å². The van der Waals surface area contributed by atoms with Gasteiger partial charge in [0.05, 0.1) is 6.10 Å². The van der Waals surface area contributed by atoms with Crippen molar-refractivity contribution in [2.75, 3.05) is 6.54 Å². The molecule has 0 heterocycles. The second kappa shape index (κ2) is 7.41. The van der Waals surface area contributed by atoms with Crippen molar-refractivity contribution in [1.29, 1.82) is 0 Å². The fourth-order valence-corrected chi connectivity index (χ4v) is 3.59. The van der Waals surface area contributed by atoms with E-state index in [1.807, 2.05) is 12.1 Å². The van der Waals surface area contributed by atoms with Crippen molar-refractivity contribution >= 4 is 15.9 Å². The molecule has 19 heavy (non-hydrogen) atoms. The predicted molar refractivity (Wildman–Crippen MR) is 83.1 cm³/mol. The van der Waals surface area contributed by atoms with Crippen molar-refractivity contribution in [3.05, 3.63) is 34.3 Å². The Bertz CT molecular complexity index is 390. The molecule has 1 fully saturated rings. The smallest absolute Gasteiger partial charge is 0.0667 e. The molecule has 2 N–H and O–H groups in total. The number of benzene rings is 1. The highest BCUT2D eigenvalue weighted by molar-refractivity contribution is 9.10. The van der Waals surface area contributed by atoms with E-state index >= 15 is 0 Å². The molecule has 0 amide bonds. The summed E-state index contributed by atoms with van der Waals surface area (Å²) in [4.78, 5) is 0. The van der Waals surface area contributed by atoms with Crippen LogP contribution < -0.4 is 5.32 Å². The van der Waals surface area contributed by atoms with Crippen molar-refractivity contribution < 1.29 is 5.11 Å². The molecule has 0 aliphatic heterocycles. The van der Waals surface area contributed by atoms with Crippen LogP contribution >= 0.6 is 15.9 Å². The highest BCUT2D eigenvalue weighted by Gasteiger charge is 2.19. The van der Waals surface area contributed by atoms with E-state index in [1.54, 1.807) is 0 Å². The summed E-state index contributed by atoms with van der Waals surface area (Å²) in [5, 5.41) is 13.5. The lowest BCUT2D eigenvalue weighted by Gasteiger charge is -2.20. The highest BCUT2D eigenvalue weighted by atomic mass is 79.9. The van der Waals surface area contributed by atoms with Gasteiger partial charge in [-0.05, 0) is 30.9 Å². The molecule has 1 aliphatic rings. The van der Waals surface area contributed by atoms with Gasteiger partial charge in [-0.25, -0.2) is 0 Å². The zero-order valence-corrected chi connectivity index (χ0v) is 13.2. The van der Waals surface area contributed by atoms with Gasteiger partial charge in [-0.3, -0.25) is 0 Å². The Morgan fingerprint density at radius 1 is 1.32 bits per heavy atom. The molecule has 1 aromatic rings. The number of hydrogen-bond donors (Lipinski definition) is 2. The zero-order valence-electron chi connectivity index (χ0n) is 11.6. The number of nitrogens with one attached hydrogen (secondary N) is 1. The molecule has 1 aliphatic carbocycles. The Morgan fingerprint density at radius 3 is 2.68 bits per heavy atom. The lowest BCUT2D eigenvalue weighted by molar-refractivity contribution is 0.137. The second-order valence-corrected chi connectivity index (χ2v) is 6.55. The molecule has 0 aromatic heterocycles. The third-order valence-electron chi connectivity index (χ3n) is 4.11. The second-order valence-electron chi connectivity index (χ2n) is 5.69. The number of hydrogen-bond acceptors (Lipinski definition) is 2. The molecule has 1 aromatic carbocycles. The number of aliphatic hydroxyl groups is 1. The molecule has 0 bridgehead atoms. The van der Waals surface area contributed by atoms with Crippen molar-refractivity contribution in [3.63, 3.8) is 0 Å². The number of rotatable bonds is 6. The van der Waals surface area contributed by atoms with E-state index in [2.05, 4.69) is 40.3 Å². The van der Waals surface area contributed by atoms with Crippen LogP contribution in [0.1, 0.15) is 50.6 Å². The Morgan fingerprint density at radius 2 is 2.00 bits per heavy atom. The molecule has 3 heteroatoms. The molecule has 2 atom stereocenters. The topological polar surface area (TPSA) is 32.3 Å². The summed E-state index contributed by atoms with van der Waals surface area (Å²) in [6.07, 6.45) is 6.03. The molecule has 2 nitrogen and oxygen atoms in total. The third kappa shape index (κ3) is 4.59. The third-order valence-corrected chi connectivity index (χ3v) is 4.83. The number of halogens is 1. The molecule has 0 radical (unpaired) electrons. The van der Waals surface area contributed by atoms with E-state index in [-0.39, 0.29) is 12.1 Å². The van der Waals surface area contributed by atoms with Crippen LogP contribution in [-0.4, -0.2) is 17.8 Å². The predicted octanol–water partition coefficient (Wildman–Crippen LogP) is 4.04. The van der Waals surface area contributed by atoms with Gasteiger partial charge in [-0.1, -0.05) is 59.8 Å². The van der Waals surface area contributed by atoms with Crippen molar-refractivity contribution in [3.8, 4) is 0 Å². The lowest BCUT2D eigenvalue weighted by Crippen LogP contribution is -2.30. The Balaban J connectivity index is 1.76. The summed E-state index contributed by atoms with van der Waals surface area (Å²) < 4.78 is 1.13. The maximum Gasteiger partial charge on any atom is 0.0667 e. The Labute approximate surface area is 124 Å². The fourth-order valence-electron chi connectivity index (χ4n) is 2.96. The first kappa shape index (κ1) is 15.0. The van der Waals surface area contributed by atoms with Gasteiger partial charge in [0.25, 0.3) is 0 Å². The van der Waals surface area contributed by atoms with Gasteiger partial charge in [-0.2, -0.15) is 0 Å². The zero-order chi connectivity index (χ0) is 13.7. The van der Waals surface area contributed by atoms with E-state index in [4.69, 9.17) is 0 Å². The molecule has 2 rings (SSSR count). The minimum Gasteiger partial charge on any atom is -0.392 e. The van der Waals surface area contributed by atoms with Crippen LogP contribution in [0.3, 0.4) is 0 Å². The first-order chi connectivity index (χ1) is 9.16. The minimum atomic E-state index is -0.215. The highest BCUT2D eigenvalue weighted by Crippen LogP contribution is 2.28. The normalized spacial score (nSPS) is 19.5. The standard InChI is InChI=1S/C16H24BrNO/c1-12(15-8-4-5-9-16(15)17)18-11-14(19)10-13-6-2-3-7-13/h4-5,8-9,12-14,18-19H,2-3,6-7,10-11H2,1H3/t12-,14?/m1/s1. The van der Waals surface area contributed by atoms with Crippen LogP contribution in [0, 0.1) is 5.92 Å². The van der Waals surface area contributed by atoms with Gasteiger partial charge in [0.15, 0.2) is 0 Å². The SMILES string of the molecule is C[C@@H](NCC(O)CC1CCCC1)c1ccccc1Br. The summed E-state index contributed by atoms with van der Waals surface area (Å²) in [5.41, 5.74) is 1.25. The van der Waals surface area contributed by atoms with Gasteiger partial charge >= 0.3 is 0 Å². The first-order valence-electron chi connectivity index (χ1n) is 7.32. The maximum atomic E-state index is 10.1. The average molecular weight is 326 g/mol. The van der Waals surface area contributed by atoms with E-state index in [0.29, 0.717) is 6.54 Å². The van der Waals surface area contributed by atoms with Crippen molar-refractivity contribution in [2.45, 2.75) is 51.2 Å². The van der Waals surface area contributed by atoms with Crippen LogP contribution in [0.15, 0.2) is 28.7 Å². The molecule has 1 unspecified atom stereocenters. The van der Waals surface area contributed by atoms with Gasteiger partial charge in [-0.15, -0.1) is 0 Å². The number of aliphatic hydroxyl groups excluding tert-OH is 1. The van der Waals surface area contributed by atoms with E-state index in [0.717, 1.165) is 16.8 Å². The molecule has 0 saturated heterocycles. The average Bonchev–Trinajstić information content (AvgIpc) is 2.89. The largest absolute Gasteiger partial charge is 0.392 e. The summed E-state index contributed by atoms with van der Waals surface area (Å²) in [6.45, 7) is 2.82. The molecule has 106 valence electrons. The van der Waals surface area contributed by atoms with Gasteiger partial charge < -0.3 is 10.4 Å². The minimum absolute atomic E-state index is 0.215. The van der Waals surface area contributed by atoms with Gasteiger partial charge in [0, 0.05) is 17.1 Å². The van der Waals surface area contributed by atoms with Crippen molar-refractivity contribution in [1.82, 2.24) is 5.32 Å². The van der Waals surface area contributed by atoms with Crippen LogP contribution in [0.4, 0.5) is 0 Å².